The molecule has 1 aliphatic carbocycles. The topological polar surface area (TPSA) is 9.23 Å². The second-order valence-electron chi connectivity index (χ2n) is 2.28. The normalized spacial score (nSPS) is 39.1. The van der Waals surface area contributed by atoms with Gasteiger partial charge >= 0.3 is 0 Å². The van der Waals surface area contributed by atoms with E-state index in [1.54, 1.807) is 12.0 Å². The average Bonchev–Trinajstić information content (AvgIpc) is 2.33. The van der Waals surface area contributed by atoms with Crippen molar-refractivity contribution in [2.45, 2.75) is 6.10 Å². The van der Waals surface area contributed by atoms with Crippen molar-refractivity contribution < 1.29 is 4.18 Å². The van der Waals surface area contributed by atoms with Gasteiger partial charge in [-0.2, -0.15) is 0 Å². The summed E-state index contributed by atoms with van der Waals surface area (Å²) in [7, 11) is 0. The van der Waals surface area contributed by atoms with Crippen molar-refractivity contribution in [3.8, 4) is 0 Å². The van der Waals surface area contributed by atoms with Crippen LogP contribution in [0.15, 0.2) is 24.3 Å². The minimum absolute atomic E-state index is 0.361. The van der Waals surface area contributed by atoms with Crippen molar-refractivity contribution in [1.82, 2.24) is 0 Å². The van der Waals surface area contributed by atoms with Gasteiger partial charge in [0, 0.05) is 11.7 Å². The lowest BCUT2D eigenvalue weighted by Crippen LogP contribution is -2.13. The predicted molar refractivity (Wildman–Crippen MR) is 39.1 cm³/mol. The highest BCUT2D eigenvalue weighted by Crippen LogP contribution is 2.31. The molecule has 1 saturated heterocycles. The van der Waals surface area contributed by atoms with E-state index in [4.69, 9.17) is 4.18 Å². The van der Waals surface area contributed by atoms with Gasteiger partial charge in [-0.15, -0.1) is 0 Å². The smallest absolute Gasteiger partial charge is 0.0977 e. The molecule has 0 amide bonds. The van der Waals surface area contributed by atoms with Crippen LogP contribution in [0.5, 0.6) is 0 Å². The molecule has 0 bridgehead atoms. The predicted octanol–water partition coefficient (Wildman–Crippen LogP) is 1.78. The highest BCUT2D eigenvalue weighted by Gasteiger charge is 2.25. The summed E-state index contributed by atoms with van der Waals surface area (Å²) in [4.78, 5) is 0. The Kier molecular flexibility index (Phi) is 1.36. The zero-order chi connectivity index (χ0) is 6.10. The molecular formula is C7H8OS. The molecule has 0 spiro atoms. The van der Waals surface area contributed by atoms with Crippen LogP contribution in [0, 0.1) is 5.92 Å². The summed E-state index contributed by atoms with van der Waals surface area (Å²) in [5.41, 5.74) is 0. The molecule has 2 unspecified atom stereocenters. The summed E-state index contributed by atoms with van der Waals surface area (Å²) >= 11 is 1.58. The van der Waals surface area contributed by atoms with Gasteiger partial charge in [0.25, 0.3) is 0 Å². The Morgan fingerprint density at radius 1 is 1.33 bits per heavy atom. The van der Waals surface area contributed by atoms with Gasteiger partial charge in [-0.1, -0.05) is 24.3 Å². The third-order valence-electron chi connectivity index (χ3n) is 1.63. The van der Waals surface area contributed by atoms with Crippen LogP contribution in [0.1, 0.15) is 0 Å². The molecule has 0 aromatic carbocycles. The summed E-state index contributed by atoms with van der Waals surface area (Å²) in [6, 6.07) is 0. The maximum absolute atomic E-state index is 5.34. The second-order valence-corrected chi connectivity index (χ2v) is 3.04. The standard InChI is InChI=1S/C7H8OS/c1-2-4-7-6(3-1)5-9-8-7/h1-4,6-7H,5H2. The van der Waals surface area contributed by atoms with Crippen molar-refractivity contribution in [2.75, 3.05) is 5.75 Å². The monoisotopic (exact) mass is 140 g/mol. The van der Waals surface area contributed by atoms with Gasteiger partial charge in [0.2, 0.25) is 0 Å². The van der Waals surface area contributed by atoms with E-state index in [0.717, 1.165) is 5.75 Å². The first-order valence-electron chi connectivity index (χ1n) is 3.10. The lowest BCUT2D eigenvalue weighted by Gasteiger charge is -2.10. The Morgan fingerprint density at radius 2 is 2.22 bits per heavy atom. The molecule has 9 heavy (non-hydrogen) atoms. The first-order chi connectivity index (χ1) is 4.47. The Balaban J connectivity index is 2.18. The number of allylic oxidation sites excluding steroid dienone is 2. The number of hydrogen-bond donors (Lipinski definition) is 0. The molecule has 1 heterocycles. The Morgan fingerprint density at radius 3 is 3.11 bits per heavy atom. The fraction of sp³-hybridized carbons (Fsp3) is 0.429. The number of fused-ring (bicyclic) bond motifs is 1. The number of rotatable bonds is 0. The van der Waals surface area contributed by atoms with E-state index in [0.29, 0.717) is 12.0 Å². The van der Waals surface area contributed by atoms with Crippen LogP contribution in [-0.4, -0.2) is 11.9 Å². The SMILES string of the molecule is C1=CC2CSOC2C=C1. The summed E-state index contributed by atoms with van der Waals surface area (Å²) in [5.74, 6) is 1.76. The van der Waals surface area contributed by atoms with E-state index in [1.165, 1.54) is 0 Å². The quantitative estimate of drug-likeness (QED) is 0.474. The maximum atomic E-state index is 5.34. The molecule has 0 aromatic heterocycles. The van der Waals surface area contributed by atoms with Crippen LogP contribution in [0.3, 0.4) is 0 Å². The minimum atomic E-state index is 0.361. The van der Waals surface area contributed by atoms with Gasteiger partial charge in [-0.05, 0) is 12.0 Å². The van der Waals surface area contributed by atoms with Crippen molar-refractivity contribution in [1.29, 1.82) is 0 Å². The van der Waals surface area contributed by atoms with E-state index >= 15 is 0 Å². The Hall–Kier alpha value is -0.210. The molecule has 0 N–H and O–H groups in total. The lowest BCUT2D eigenvalue weighted by atomic mass is 10.0. The molecule has 0 saturated carbocycles. The van der Waals surface area contributed by atoms with Gasteiger partial charge in [0.05, 0.1) is 6.10 Å². The summed E-state index contributed by atoms with van der Waals surface area (Å²) in [5, 5.41) is 0. The van der Waals surface area contributed by atoms with Crippen LogP contribution < -0.4 is 0 Å². The van der Waals surface area contributed by atoms with Crippen LogP contribution in [0.4, 0.5) is 0 Å². The van der Waals surface area contributed by atoms with Crippen LogP contribution in [0.25, 0.3) is 0 Å². The van der Waals surface area contributed by atoms with Gasteiger partial charge in [-0.3, -0.25) is 0 Å². The first-order valence-corrected chi connectivity index (χ1v) is 4.01. The molecule has 2 rings (SSSR count). The molecule has 0 aromatic rings. The van der Waals surface area contributed by atoms with E-state index in [2.05, 4.69) is 18.2 Å². The van der Waals surface area contributed by atoms with Crippen molar-refractivity contribution in [2.24, 2.45) is 5.92 Å². The van der Waals surface area contributed by atoms with Gasteiger partial charge in [0.15, 0.2) is 0 Å². The molecule has 0 radical (unpaired) electrons. The molecule has 1 fully saturated rings. The van der Waals surface area contributed by atoms with Gasteiger partial charge < -0.3 is 4.18 Å². The van der Waals surface area contributed by atoms with E-state index in [1.807, 2.05) is 6.08 Å². The highest BCUT2D eigenvalue weighted by molar-refractivity contribution is 7.94. The highest BCUT2D eigenvalue weighted by atomic mass is 32.2. The summed E-state index contributed by atoms with van der Waals surface area (Å²) < 4.78 is 5.34. The van der Waals surface area contributed by atoms with E-state index in [-0.39, 0.29) is 0 Å². The maximum Gasteiger partial charge on any atom is 0.0977 e. The molecule has 2 heteroatoms. The van der Waals surface area contributed by atoms with E-state index in [9.17, 15) is 0 Å². The number of hydrogen-bond acceptors (Lipinski definition) is 2. The Bertz CT molecular complexity index is 144. The van der Waals surface area contributed by atoms with Gasteiger partial charge in [-0.25, -0.2) is 0 Å². The van der Waals surface area contributed by atoms with E-state index < -0.39 is 0 Å². The Labute approximate surface area is 59.0 Å². The first kappa shape index (κ1) is 5.57. The molecular weight excluding hydrogens is 132 g/mol. The summed E-state index contributed by atoms with van der Waals surface area (Å²) in [6.07, 6.45) is 8.83. The largest absolute Gasteiger partial charge is 0.307 e. The lowest BCUT2D eigenvalue weighted by molar-refractivity contribution is 0.282. The van der Waals surface area contributed by atoms with Crippen LogP contribution >= 0.6 is 12.0 Å². The molecule has 48 valence electrons. The molecule has 2 atom stereocenters. The zero-order valence-electron chi connectivity index (χ0n) is 4.99. The molecule has 2 aliphatic rings. The van der Waals surface area contributed by atoms with Crippen molar-refractivity contribution >= 4 is 12.0 Å². The fourth-order valence-corrected chi connectivity index (χ4v) is 1.98. The third-order valence-corrected chi connectivity index (χ3v) is 2.51. The fourth-order valence-electron chi connectivity index (χ4n) is 1.08. The van der Waals surface area contributed by atoms with Crippen LogP contribution in [0.2, 0.25) is 0 Å². The van der Waals surface area contributed by atoms with Crippen LogP contribution in [-0.2, 0) is 4.18 Å². The third kappa shape index (κ3) is 0.926. The van der Waals surface area contributed by atoms with Crippen molar-refractivity contribution in [3.05, 3.63) is 24.3 Å². The summed E-state index contributed by atoms with van der Waals surface area (Å²) in [6.45, 7) is 0. The second kappa shape index (κ2) is 2.20. The molecule has 1 nitrogen and oxygen atoms in total. The molecule has 1 aliphatic heterocycles. The minimum Gasteiger partial charge on any atom is -0.307 e. The van der Waals surface area contributed by atoms with Crippen molar-refractivity contribution in [3.63, 3.8) is 0 Å². The van der Waals surface area contributed by atoms with Gasteiger partial charge in [0.1, 0.15) is 0 Å². The zero-order valence-corrected chi connectivity index (χ0v) is 5.80. The average molecular weight is 140 g/mol.